The fourth-order valence-electron chi connectivity index (χ4n) is 1.44. The number of hydrogen-bond donors (Lipinski definition) is 0. The van der Waals surface area contributed by atoms with Crippen LogP contribution in [-0.2, 0) is 9.53 Å². The summed E-state index contributed by atoms with van der Waals surface area (Å²) in [6.07, 6.45) is -0.167. The highest BCUT2D eigenvalue weighted by atomic mass is 32.1. The number of benzene rings is 1. The molecule has 1 rings (SSSR count). The molecule has 1 atom stereocenters. The minimum atomic E-state index is -0.845. The van der Waals surface area contributed by atoms with Gasteiger partial charge >= 0.3 is 5.97 Å². The molecule has 1 aromatic rings. The second kappa shape index (κ2) is 6.93. The van der Waals surface area contributed by atoms with Crippen molar-refractivity contribution in [1.82, 2.24) is 0 Å². The molecule has 0 aliphatic rings. The predicted octanol–water partition coefficient (Wildman–Crippen LogP) is 3.06. The smallest absolute Gasteiger partial charge is 0.308 e. The average Bonchev–Trinajstić information content (AvgIpc) is 2.29. The van der Waals surface area contributed by atoms with Crippen LogP contribution >= 0.6 is 12.2 Å². The number of isothiocyanates is 1. The number of esters is 1. The molecule has 0 fully saturated rings. The van der Waals surface area contributed by atoms with Crippen LogP contribution in [0.2, 0.25) is 0 Å². The molecule has 0 radical (unpaired) electrons. The number of hydrogen-bond acceptors (Lipinski definition) is 4. The number of ether oxygens (including phenoxy) is 1. The van der Waals surface area contributed by atoms with Crippen LogP contribution in [0.1, 0.15) is 24.9 Å². The van der Waals surface area contributed by atoms with Gasteiger partial charge < -0.3 is 4.74 Å². The van der Waals surface area contributed by atoms with Crippen LogP contribution in [-0.4, -0.2) is 17.7 Å². The molecule has 0 N–H and O–H groups in total. The summed E-state index contributed by atoms with van der Waals surface area (Å²) in [5.74, 6) is -2.00. The van der Waals surface area contributed by atoms with Gasteiger partial charge in [-0.15, -0.1) is 0 Å². The largest absolute Gasteiger partial charge is 0.466 e. The summed E-state index contributed by atoms with van der Waals surface area (Å²) in [5.41, 5.74) is 0.0850. The SMILES string of the molecule is CCOC(=O)C[C@H](N=C=S)c1ccc(F)cc1F. The van der Waals surface area contributed by atoms with Gasteiger partial charge in [0.05, 0.1) is 24.2 Å². The quantitative estimate of drug-likeness (QED) is 0.469. The molecule has 0 spiro atoms. The normalized spacial score (nSPS) is 11.5. The molecule has 0 saturated heterocycles. The zero-order valence-corrected chi connectivity index (χ0v) is 10.5. The molecule has 0 unspecified atom stereocenters. The summed E-state index contributed by atoms with van der Waals surface area (Å²) in [6.45, 7) is 1.88. The van der Waals surface area contributed by atoms with Gasteiger partial charge in [-0.3, -0.25) is 4.79 Å². The number of halogens is 2. The van der Waals surface area contributed by atoms with E-state index < -0.39 is 23.6 Å². The van der Waals surface area contributed by atoms with Crippen LogP contribution in [0.4, 0.5) is 8.78 Å². The number of thiocarbonyl (C=S) groups is 1. The molecule has 0 aromatic heterocycles. The zero-order chi connectivity index (χ0) is 13.5. The van der Waals surface area contributed by atoms with Crippen molar-refractivity contribution in [1.29, 1.82) is 0 Å². The standard InChI is InChI=1S/C12H11F2NO2S/c1-2-17-12(16)6-11(15-7-18)9-4-3-8(13)5-10(9)14/h3-5,11H,2,6H2,1H3/t11-/m0/s1. The van der Waals surface area contributed by atoms with Gasteiger partial charge in [0.1, 0.15) is 11.6 Å². The van der Waals surface area contributed by atoms with Crippen LogP contribution in [0.25, 0.3) is 0 Å². The highest BCUT2D eigenvalue weighted by Crippen LogP contribution is 2.24. The van der Waals surface area contributed by atoms with E-state index in [1.54, 1.807) is 6.92 Å². The van der Waals surface area contributed by atoms with Gasteiger partial charge in [-0.05, 0) is 25.2 Å². The molecule has 1 aromatic carbocycles. The van der Waals surface area contributed by atoms with Gasteiger partial charge in [-0.2, -0.15) is 0 Å². The maximum atomic E-state index is 13.5. The molecule has 96 valence electrons. The third kappa shape index (κ3) is 3.98. The number of rotatable bonds is 5. The number of aliphatic imine (C=N–C) groups is 1. The van der Waals surface area contributed by atoms with Crippen molar-refractivity contribution in [2.24, 2.45) is 4.99 Å². The van der Waals surface area contributed by atoms with Crippen molar-refractivity contribution in [3.63, 3.8) is 0 Å². The lowest BCUT2D eigenvalue weighted by Gasteiger charge is -2.11. The Morgan fingerprint density at radius 2 is 2.28 bits per heavy atom. The summed E-state index contributed by atoms with van der Waals surface area (Å²) >= 11 is 4.45. The van der Waals surface area contributed by atoms with Crippen molar-refractivity contribution < 1.29 is 18.3 Å². The summed E-state index contributed by atoms with van der Waals surface area (Å²) < 4.78 is 31.1. The van der Waals surface area contributed by atoms with Crippen molar-refractivity contribution >= 4 is 23.3 Å². The fraction of sp³-hybridized carbons (Fsp3) is 0.333. The van der Waals surface area contributed by atoms with Crippen molar-refractivity contribution in [3.05, 3.63) is 35.4 Å². The van der Waals surface area contributed by atoms with E-state index in [1.165, 1.54) is 6.07 Å². The van der Waals surface area contributed by atoms with Gasteiger partial charge in [0.15, 0.2) is 0 Å². The molecule has 0 aliphatic carbocycles. The van der Waals surface area contributed by atoms with Gasteiger partial charge in [0.2, 0.25) is 0 Å². The van der Waals surface area contributed by atoms with Crippen LogP contribution < -0.4 is 0 Å². The zero-order valence-electron chi connectivity index (χ0n) is 9.65. The highest BCUT2D eigenvalue weighted by Gasteiger charge is 2.19. The first-order valence-electron chi connectivity index (χ1n) is 5.26. The summed E-state index contributed by atoms with van der Waals surface area (Å²) in [6, 6.07) is 2.20. The molecule has 0 heterocycles. The van der Waals surface area contributed by atoms with E-state index in [1.807, 2.05) is 0 Å². The maximum absolute atomic E-state index is 13.5. The molecule has 6 heteroatoms. The molecular weight excluding hydrogens is 260 g/mol. The van der Waals surface area contributed by atoms with E-state index >= 15 is 0 Å². The fourth-order valence-corrected chi connectivity index (χ4v) is 1.57. The highest BCUT2D eigenvalue weighted by molar-refractivity contribution is 7.78. The van der Waals surface area contributed by atoms with Gasteiger partial charge in [0.25, 0.3) is 0 Å². The maximum Gasteiger partial charge on any atom is 0.308 e. The lowest BCUT2D eigenvalue weighted by Crippen LogP contribution is -2.10. The molecule has 0 aliphatic heterocycles. The van der Waals surface area contributed by atoms with E-state index in [-0.39, 0.29) is 18.6 Å². The Kier molecular flexibility index (Phi) is 5.55. The van der Waals surface area contributed by atoms with Crippen LogP contribution in [0.3, 0.4) is 0 Å². The first kappa shape index (κ1) is 14.4. The van der Waals surface area contributed by atoms with Crippen LogP contribution in [0.5, 0.6) is 0 Å². The predicted molar refractivity (Wildman–Crippen MR) is 65.4 cm³/mol. The van der Waals surface area contributed by atoms with E-state index in [0.717, 1.165) is 12.1 Å². The Balaban J connectivity index is 2.97. The summed E-state index contributed by atoms with van der Waals surface area (Å²) in [4.78, 5) is 15.0. The molecule has 18 heavy (non-hydrogen) atoms. The second-order valence-electron chi connectivity index (χ2n) is 3.41. The Bertz CT molecular complexity index is 487. The number of nitrogens with zero attached hydrogens (tertiary/aromatic N) is 1. The molecule has 0 bridgehead atoms. The Labute approximate surface area is 108 Å². The molecule has 0 saturated carbocycles. The summed E-state index contributed by atoms with van der Waals surface area (Å²) in [7, 11) is 0. The van der Waals surface area contributed by atoms with Crippen LogP contribution in [0, 0.1) is 11.6 Å². The Morgan fingerprint density at radius 3 is 2.83 bits per heavy atom. The van der Waals surface area contributed by atoms with Crippen LogP contribution in [0.15, 0.2) is 23.2 Å². The third-order valence-corrected chi connectivity index (χ3v) is 2.30. The van der Waals surface area contributed by atoms with E-state index in [9.17, 15) is 13.6 Å². The van der Waals surface area contributed by atoms with Gasteiger partial charge in [-0.1, -0.05) is 6.07 Å². The van der Waals surface area contributed by atoms with E-state index in [0.29, 0.717) is 0 Å². The third-order valence-electron chi connectivity index (χ3n) is 2.20. The minimum absolute atomic E-state index is 0.0850. The number of carbonyl (C=O) groups is 1. The van der Waals surface area contributed by atoms with Gasteiger partial charge in [-0.25, -0.2) is 13.8 Å². The molecular formula is C12H11F2NO2S. The first-order valence-corrected chi connectivity index (χ1v) is 5.66. The Hall–Kier alpha value is -1.65. The van der Waals surface area contributed by atoms with Gasteiger partial charge in [0, 0.05) is 11.6 Å². The average molecular weight is 271 g/mol. The number of carbonyl (C=O) groups excluding carboxylic acids is 1. The van der Waals surface area contributed by atoms with Crippen molar-refractivity contribution in [3.8, 4) is 0 Å². The lowest BCUT2D eigenvalue weighted by atomic mass is 10.0. The van der Waals surface area contributed by atoms with Crippen molar-refractivity contribution in [2.75, 3.05) is 6.61 Å². The Morgan fingerprint density at radius 1 is 1.56 bits per heavy atom. The first-order chi connectivity index (χ1) is 8.58. The molecule has 3 nitrogen and oxygen atoms in total. The monoisotopic (exact) mass is 271 g/mol. The summed E-state index contributed by atoms with van der Waals surface area (Å²) in [5, 5.41) is 2.10. The topological polar surface area (TPSA) is 38.7 Å². The molecule has 0 amide bonds. The second-order valence-corrected chi connectivity index (χ2v) is 3.59. The minimum Gasteiger partial charge on any atom is -0.466 e. The lowest BCUT2D eigenvalue weighted by molar-refractivity contribution is -0.143. The van der Waals surface area contributed by atoms with E-state index in [2.05, 4.69) is 22.4 Å². The van der Waals surface area contributed by atoms with Crippen molar-refractivity contribution in [2.45, 2.75) is 19.4 Å². The van der Waals surface area contributed by atoms with E-state index in [4.69, 9.17) is 4.74 Å².